The van der Waals surface area contributed by atoms with E-state index < -0.39 is 0 Å². The van der Waals surface area contributed by atoms with Gasteiger partial charge in [0, 0.05) is 17.9 Å². The third-order valence-corrected chi connectivity index (χ3v) is 5.00. The number of carbonyl (C=O) groups is 2. The van der Waals surface area contributed by atoms with E-state index in [1.807, 2.05) is 47.8 Å². The largest absolute Gasteiger partial charge is 0.488 e. The van der Waals surface area contributed by atoms with Crippen LogP contribution in [-0.2, 0) is 4.79 Å². The predicted molar refractivity (Wildman–Crippen MR) is 106 cm³/mol. The van der Waals surface area contributed by atoms with Crippen molar-refractivity contribution in [3.63, 3.8) is 0 Å². The first-order chi connectivity index (χ1) is 13.1. The van der Waals surface area contributed by atoms with Crippen molar-refractivity contribution >= 4 is 39.9 Å². The van der Waals surface area contributed by atoms with Gasteiger partial charge in [-0.1, -0.05) is 30.3 Å². The minimum atomic E-state index is -0.124. The van der Waals surface area contributed by atoms with Gasteiger partial charge in [0.25, 0.3) is 0 Å². The molecule has 4 rings (SSSR count). The first-order valence-corrected chi connectivity index (χ1v) is 9.30. The van der Waals surface area contributed by atoms with Crippen LogP contribution in [0.1, 0.15) is 23.0 Å². The normalized spacial score (nSPS) is 14.6. The maximum absolute atomic E-state index is 12.7. The first-order valence-electron chi connectivity index (χ1n) is 8.42. The van der Waals surface area contributed by atoms with Crippen molar-refractivity contribution in [3.05, 3.63) is 76.8 Å². The third-order valence-electron chi connectivity index (χ3n) is 4.16. The van der Waals surface area contributed by atoms with E-state index in [0.29, 0.717) is 27.7 Å². The lowest BCUT2D eigenvalue weighted by Crippen LogP contribution is -2.22. The monoisotopic (exact) mass is 376 g/mol. The molecule has 0 bridgehead atoms. The number of hydrogen-bond acceptors (Lipinski definition) is 5. The van der Waals surface area contributed by atoms with Crippen LogP contribution in [-0.4, -0.2) is 23.3 Å². The molecule has 1 aliphatic heterocycles. The van der Waals surface area contributed by atoms with Crippen LogP contribution in [0.4, 0.5) is 10.8 Å². The molecule has 3 aromatic rings. The van der Waals surface area contributed by atoms with Gasteiger partial charge in [0.05, 0.1) is 16.9 Å². The zero-order valence-electron chi connectivity index (χ0n) is 14.6. The number of anilines is 2. The van der Waals surface area contributed by atoms with Crippen molar-refractivity contribution in [2.45, 2.75) is 6.92 Å². The average Bonchev–Trinajstić information content (AvgIpc) is 3.13. The van der Waals surface area contributed by atoms with Crippen LogP contribution in [0.15, 0.2) is 65.6 Å². The summed E-state index contributed by atoms with van der Waals surface area (Å²) in [6, 6.07) is 16.6. The highest BCUT2D eigenvalue weighted by Gasteiger charge is 2.23. The standard InChI is InChI=1S/C21H16N2O3S/c1-14(24)23(17-7-3-2-4-8-17)21-22-16(13-27-21)11-15-12-26-19-10-6-5-9-18(19)20(15)25/h2-11,13H,12H2,1H3/b15-11+. The molecule has 2 aromatic carbocycles. The van der Waals surface area contributed by atoms with Crippen molar-refractivity contribution < 1.29 is 14.3 Å². The van der Waals surface area contributed by atoms with E-state index in [0.717, 1.165) is 5.69 Å². The van der Waals surface area contributed by atoms with Crippen LogP contribution in [0.25, 0.3) is 6.08 Å². The predicted octanol–water partition coefficient (Wildman–Crippen LogP) is 4.49. The fraction of sp³-hybridized carbons (Fsp3) is 0.0952. The summed E-state index contributed by atoms with van der Waals surface area (Å²) in [5.41, 5.74) is 2.48. The van der Waals surface area contributed by atoms with Crippen LogP contribution >= 0.6 is 11.3 Å². The average molecular weight is 376 g/mol. The zero-order chi connectivity index (χ0) is 18.8. The van der Waals surface area contributed by atoms with Gasteiger partial charge in [-0.2, -0.15) is 0 Å². The third kappa shape index (κ3) is 3.39. The molecule has 0 saturated heterocycles. The molecule has 0 spiro atoms. The van der Waals surface area contributed by atoms with Crippen molar-refractivity contribution in [1.82, 2.24) is 4.98 Å². The minimum Gasteiger partial charge on any atom is -0.488 e. The SMILES string of the molecule is CC(=O)N(c1ccccc1)c1nc(/C=C2\COc3ccccc3C2=O)cs1. The molecule has 0 atom stereocenters. The molecule has 6 heteroatoms. The molecule has 0 saturated carbocycles. The second kappa shape index (κ2) is 7.17. The molecular formula is C21H16N2O3S. The zero-order valence-corrected chi connectivity index (χ0v) is 15.4. The van der Waals surface area contributed by atoms with E-state index in [4.69, 9.17) is 4.74 Å². The number of ether oxygens (including phenoxy) is 1. The van der Waals surface area contributed by atoms with Gasteiger partial charge in [0.15, 0.2) is 10.9 Å². The van der Waals surface area contributed by atoms with Crippen molar-refractivity contribution in [1.29, 1.82) is 0 Å². The van der Waals surface area contributed by atoms with Gasteiger partial charge in [-0.15, -0.1) is 11.3 Å². The molecule has 5 nitrogen and oxygen atoms in total. The molecule has 1 amide bonds. The topological polar surface area (TPSA) is 59.5 Å². The molecule has 0 unspecified atom stereocenters. The van der Waals surface area contributed by atoms with Gasteiger partial charge in [0.1, 0.15) is 12.4 Å². The summed E-state index contributed by atoms with van der Waals surface area (Å²) in [6.45, 7) is 1.71. The highest BCUT2D eigenvalue weighted by Crippen LogP contribution is 2.31. The first kappa shape index (κ1) is 17.2. The van der Waals surface area contributed by atoms with E-state index in [1.165, 1.54) is 18.3 Å². The molecule has 27 heavy (non-hydrogen) atoms. The summed E-state index contributed by atoms with van der Waals surface area (Å²) in [7, 11) is 0. The quantitative estimate of drug-likeness (QED) is 0.632. The number of aromatic nitrogens is 1. The van der Waals surface area contributed by atoms with Crippen LogP contribution < -0.4 is 9.64 Å². The van der Waals surface area contributed by atoms with E-state index in [2.05, 4.69) is 4.98 Å². The van der Waals surface area contributed by atoms with Gasteiger partial charge >= 0.3 is 0 Å². The Morgan fingerprint density at radius 1 is 1.15 bits per heavy atom. The Kier molecular flexibility index (Phi) is 4.56. The number of nitrogens with zero attached hydrogens (tertiary/aromatic N) is 2. The summed E-state index contributed by atoms with van der Waals surface area (Å²) in [4.78, 5) is 30.9. The van der Waals surface area contributed by atoms with Crippen molar-refractivity contribution in [2.75, 3.05) is 11.5 Å². The number of thiazole rings is 1. The summed E-state index contributed by atoms with van der Waals surface area (Å²) >= 11 is 1.35. The van der Waals surface area contributed by atoms with E-state index in [9.17, 15) is 9.59 Å². The highest BCUT2D eigenvalue weighted by molar-refractivity contribution is 7.14. The molecule has 2 heterocycles. The smallest absolute Gasteiger partial charge is 0.230 e. The summed E-state index contributed by atoms with van der Waals surface area (Å²) in [5, 5.41) is 2.39. The van der Waals surface area contributed by atoms with Gasteiger partial charge < -0.3 is 4.74 Å². The maximum atomic E-state index is 12.7. The molecule has 134 valence electrons. The Labute approximate surface area is 160 Å². The number of Topliss-reactive ketones (excluding diaryl/α,β-unsaturated/α-hetero) is 1. The Hall–Kier alpha value is -3.25. The lowest BCUT2D eigenvalue weighted by molar-refractivity contribution is -0.115. The molecular weight excluding hydrogens is 360 g/mol. The fourth-order valence-corrected chi connectivity index (χ4v) is 3.75. The Bertz CT molecular complexity index is 1040. The van der Waals surface area contributed by atoms with E-state index >= 15 is 0 Å². The lowest BCUT2D eigenvalue weighted by atomic mass is 10.00. The second-order valence-corrected chi connectivity index (χ2v) is 6.87. The summed E-state index contributed by atoms with van der Waals surface area (Å²) < 4.78 is 5.66. The number of rotatable bonds is 3. The molecule has 0 N–H and O–H groups in total. The lowest BCUT2D eigenvalue weighted by Gasteiger charge is -2.18. The number of amides is 1. The van der Waals surface area contributed by atoms with Gasteiger partial charge in [0.2, 0.25) is 5.91 Å². The number of fused-ring (bicyclic) bond motifs is 1. The Morgan fingerprint density at radius 2 is 1.89 bits per heavy atom. The van der Waals surface area contributed by atoms with Crippen LogP contribution in [0.5, 0.6) is 5.75 Å². The number of hydrogen-bond donors (Lipinski definition) is 0. The summed E-state index contributed by atoms with van der Waals surface area (Å²) in [5.74, 6) is 0.420. The van der Waals surface area contributed by atoms with Crippen molar-refractivity contribution in [3.8, 4) is 5.75 Å². The number of ketones is 1. The van der Waals surface area contributed by atoms with Gasteiger partial charge in [-0.3, -0.25) is 14.5 Å². The number of benzene rings is 2. The number of carbonyl (C=O) groups excluding carboxylic acids is 2. The molecule has 0 radical (unpaired) electrons. The van der Waals surface area contributed by atoms with Crippen molar-refractivity contribution in [2.24, 2.45) is 0 Å². The van der Waals surface area contributed by atoms with Crippen LogP contribution in [0.2, 0.25) is 0 Å². The second-order valence-electron chi connectivity index (χ2n) is 6.03. The fourth-order valence-electron chi connectivity index (χ4n) is 2.91. The van der Waals surface area contributed by atoms with E-state index in [-0.39, 0.29) is 18.3 Å². The van der Waals surface area contributed by atoms with Gasteiger partial charge in [-0.25, -0.2) is 4.98 Å². The minimum absolute atomic E-state index is 0.0575. The number of para-hydroxylation sites is 2. The van der Waals surface area contributed by atoms with Gasteiger partial charge in [-0.05, 0) is 30.3 Å². The Morgan fingerprint density at radius 3 is 2.67 bits per heavy atom. The van der Waals surface area contributed by atoms with Crippen LogP contribution in [0.3, 0.4) is 0 Å². The molecule has 0 fully saturated rings. The maximum Gasteiger partial charge on any atom is 0.230 e. The van der Waals surface area contributed by atoms with Crippen LogP contribution in [0, 0.1) is 0 Å². The summed E-state index contributed by atoms with van der Waals surface area (Å²) in [6.07, 6.45) is 1.72. The van der Waals surface area contributed by atoms with E-state index in [1.54, 1.807) is 23.1 Å². The molecule has 1 aromatic heterocycles. The Balaban J connectivity index is 1.64. The molecule has 1 aliphatic rings. The molecule has 0 aliphatic carbocycles. The highest BCUT2D eigenvalue weighted by atomic mass is 32.1.